The molecule has 0 fully saturated rings. The van der Waals surface area contributed by atoms with Crippen molar-refractivity contribution in [2.24, 2.45) is 0 Å². The van der Waals surface area contributed by atoms with E-state index in [9.17, 15) is 4.79 Å². The molecular weight excluding hydrogens is 156 g/mol. The Balaban J connectivity index is 2.96. The van der Waals surface area contributed by atoms with Crippen LogP contribution in [0.5, 0.6) is 0 Å². The van der Waals surface area contributed by atoms with Crippen molar-refractivity contribution in [2.45, 2.75) is 0 Å². The van der Waals surface area contributed by atoms with Gasteiger partial charge in [0.1, 0.15) is 17.8 Å². The van der Waals surface area contributed by atoms with Crippen molar-refractivity contribution in [1.82, 2.24) is 15.0 Å². The first-order valence-electron chi connectivity index (χ1n) is 3.37. The van der Waals surface area contributed by atoms with Crippen molar-refractivity contribution in [3.8, 4) is 0 Å². The molecule has 0 saturated carbocycles. The van der Waals surface area contributed by atoms with Crippen LogP contribution in [-0.4, -0.2) is 15.0 Å². The summed E-state index contributed by atoms with van der Waals surface area (Å²) < 4.78 is 0. The summed E-state index contributed by atoms with van der Waals surface area (Å²) in [6.45, 7) is 0. The van der Waals surface area contributed by atoms with Crippen LogP contribution >= 0.6 is 0 Å². The Morgan fingerprint density at radius 2 is 2.17 bits per heavy atom. The molecule has 12 heavy (non-hydrogen) atoms. The first-order valence-corrected chi connectivity index (χ1v) is 3.37. The third kappa shape index (κ3) is 0.914. The van der Waals surface area contributed by atoms with Gasteiger partial charge >= 0.3 is 0 Å². The van der Waals surface area contributed by atoms with E-state index in [0.717, 1.165) is 0 Å². The van der Waals surface area contributed by atoms with Crippen LogP contribution in [0.25, 0.3) is 11.0 Å². The molecule has 0 bridgehead atoms. The van der Waals surface area contributed by atoms with Crippen molar-refractivity contribution in [2.75, 3.05) is 5.73 Å². The molecule has 0 aliphatic rings. The van der Waals surface area contributed by atoms with E-state index in [1.807, 2.05) is 0 Å². The van der Waals surface area contributed by atoms with Crippen molar-refractivity contribution in [1.29, 1.82) is 0 Å². The molecule has 0 spiro atoms. The van der Waals surface area contributed by atoms with Gasteiger partial charge in [0.2, 0.25) is 5.56 Å². The van der Waals surface area contributed by atoms with Crippen LogP contribution in [0.4, 0.5) is 5.82 Å². The fourth-order valence-corrected chi connectivity index (χ4v) is 0.991. The maximum Gasteiger partial charge on any atom is 0.249 e. The monoisotopic (exact) mass is 162 g/mol. The topological polar surface area (TPSA) is 84.7 Å². The van der Waals surface area contributed by atoms with Gasteiger partial charge < -0.3 is 10.7 Å². The van der Waals surface area contributed by atoms with Crippen molar-refractivity contribution >= 4 is 16.9 Å². The molecule has 2 aromatic heterocycles. The van der Waals surface area contributed by atoms with Crippen molar-refractivity contribution < 1.29 is 0 Å². The van der Waals surface area contributed by atoms with Gasteiger partial charge in [0.15, 0.2) is 0 Å². The molecule has 0 atom stereocenters. The molecule has 2 rings (SSSR count). The molecule has 0 radical (unpaired) electrons. The Labute approximate surface area is 67.3 Å². The summed E-state index contributed by atoms with van der Waals surface area (Å²) in [5, 5.41) is 0.664. The highest BCUT2D eigenvalue weighted by Gasteiger charge is 1.98. The molecule has 0 aromatic carbocycles. The van der Waals surface area contributed by atoms with Gasteiger partial charge in [-0.2, -0.15) is 0 Å². The highest BCUT2D eigenvalue weighted by Crippen LogP contribution is 2.10. The molecule has 0 unspecified atom stereocenters. The lowest BCUT2D eigenvalue weighted by molar-refractivity contribution is 1.17. The predicted octanol–water partition coefficient (Wildman–Crippen LogP) is -0.0997. The molecule has 0 aliphatic heterocycles. The zero-order chi connectivity index (χ0) is 8.55. The lowest BCUT2D eigenvalue weighted by atomic mass is 10.3. The molecule has 0 amide bonds. The van der Waals surface area contributed by atoms with Gasteiger partial charge in [0.05, 0.1) is 5.39 Å². The smallest absolute Gasteiger partial charge is 0.249 e. The standard InChI is InChI=1S/C7H6N4O/c8-6-4-1-2-5(12)11-7(4)10-3-9-6/h1-3H,(H3,8,9,10,11,12). The second kappa shape index (κ2) is 2.30. The third-order valence-electron chi connectivity index (χ3n) is 1.56. The Bertz CT molecular complexity index is 476. The number of anilines is 1. The highest BCUT2D eigenvalue weighted by molar-refractivity contribution is 5.84. The molecular formula is C7H6N4O. The van der Waals surface area contributed by atoms with Crippen LogP contribution < -0.4 is 11.3 Å². The van der Waals surface area contributed by atoms with Crippen LogP contribution in [0.2, 0.25) is 0 Å². The van der Waals surface area contributed by atoms with Crippen LogP contribution in [0.3, 0.4) is 0 Å². The molecule has 3 N–H and O–H groups in total. The van der Waals surface area contributed by atoms with E-state index in [1.165, 1.54) is 12.4 Å². The van der Waals surface area contributed by atoms with Gasteiger partial charge in [0, 0.05) is 6.07 Å². The van der Waals surface area contributed by atoms with E-state index in [4.69, 9.17) is 5.73 Å². The molecule has 5 nitrogen and oxygen atoms in total. The average molecular weight is 162 g/mol. The lowest BCUT2D eigenvalue weighted by Gasteiger charge is -1.96. The van der Waals surface area contributed by atoms with Crippen LogP contribution in [0.1, 0.15) is 0 Å². The lowest BCUT2D eigenvalue weighted by Crippen LogP contribution is -2.05. The Hall–Kier alpha value is -1.91. The summed E-state index contributed by atoms with van der Waals surface area (Å²) >= 11 is 0. The second-order valence-corrected chi connectivity index (χ2v) is 2.34. The Kier molecular flexibility index (Phi) is 1.30. The zero-order valence-corrected chi connectivity index (χ0v) is 6.11. The van der Waals surface area contributed by atoms with E-state index in [0.29, 0.717) is 16.9 Å². The SMILES string of the molecule is Nc1ncnc2[nH]c(=O)ccc12. The minimum Gasteiger partial charge on any atom is -0.383 e. The Morgan fingerprint density at radius 1 is 1.33 bits per heavy atom. The van der Waals surface area contributed by atoms with E-state index in [1.54, 1.807) is 6.07 Å². The van der Waals surface area contributed by atoms with E-state index in [2.05, 4.69) is 15.0 Å². The Morgan fingerprint density at radius 3 is 3.00 bits per heavy atom. The highest BCUT2D eigenvalue weighted by atomic mass is 16.1. The fourth-order valence-electron chi connectivity index (χ4n) is 0.991. The fraction of sp³-hybridized carbons (Fsp3) is 0. The molecule has 5 heteroatoms. The minimum absolute atomic E-state index is 0.194. The van der Waals surface area contributed by atoms with Crippen LogP contribution in [0, 0.1) is 0 Å². The number of aromatic nitrogens is 3. The van der Waals surface area contributed by atoms with Crippen molar-refractivity contribution in [3.63, 3.8) is 0 Å². The molecule has 0 saturated heterocycles. The summed E-state index contributed by atoms with van der Waals surface area (Å²) in [4.78, 5) is 21.0. The van der Waals surface area contributed by atoms with Gasteiger partial charge in [-0.05, 0) is 6.07 Å². The first-order chi connectivity index (χ1) is 5.77. The molecule has 2 aromatic rings. The summed E-state index contributed by atoms with van der Waals surface area (Å²) in [7, 11) is 0. The number of hydrogen-bond donors (Lipinski definition) is 2. The number of nitrogen functional groups attached to an aromatic ring is 1. The summed E-state index contributed by atoms with van der Waals surface area (Å²) in [5.74, 6) is 0.372. The maximum atomic E-state index is 10.8. The second-order valence-electron chi connectivity index (χ2n) is 2.34. The van der Waals surface area contributed by atoms with Gasteiger partial charge in [-0.3, -0.25) is 4.79 Å². The number of nitrogens with two attached hydrogens (primary N) is 1. The van der Waals surface area contributed by atoms with E-state index >= 15 is 0 Å². The maximum absolute atomic E-state index is 10.8. The van der Waals surface area contributed by atoms with Gasteiger partial charge in [0.25, 0.3) is 0 Å². The summed E-state index contributed by atoms with van der Waals surface area (Å²) in [5.41, 5.74) is 5.81. The number of H-pyrrole nitrogens is 1. The van der Waals surface area contributed by atoms with Gasteiger partial charge in [-0.15, -0.1) is 0 Å². The number of aromatic amines is 1. The quantitative estimate of drug-likeness (QED) is 0.566. The minimum atomic E-state index is -0.194. The normalized spacial score (nSPS) is 10.3. The number of nitrogens with one attached hydrogen (secondary N) is 1. The number of rotatable bonds is 0. The van der Waals surface area contributed by atoms with Crippen LogP contribution in [-0.2, 0) is 0 Å². The van der Waals surface area contributed by atoms with Crippen LogP contribution in [0.15, 0.2) is 23.3 Å². The van der Waals surface area contributed by atoms with Gasteiger partial charge in [-0.1, -0.05) is 0 Å². The molecule has 2 heterocycles. The van der Waals surface area contributed by atoms with Gasteiger partial charge in [-0.25, -0.2) is 9.97 Å². The number of hydrogen-bond acceptors (Lipinski definition) is 4. The first kappa shape index (κ1) is 6.78. The molecule has 0 aliphatic carbocycles. The van der Waals surface area contributed by atoms with Crippen molar-refractivity contribution in [3.05, 3.63) is 28.8 Å². The number of pyridine rings is 1. The number of fused-ring (bicyclic) bond motifs is 1. The number of nitrogens with zero attached hydrogens (tertiary/aromatic N) is 2. The summed E-state index contributed by atoms with van der Waals surface area (Å²) in [6.07, 6.45) is 1.31. The largest absolute Gasteiger partial charge is 0.383 e. The van der Waals surface area contributed by atoms with E-state index in [-0.39, 0.29) is 5.56 Å². The molecule has 60 valence electrons. The summed E-state index contributed by atoms with van der Waals surface area (Å²) in [6, 6.07) is 2.99. The average Bonchev–Trinajstić information content (AvgIpc) is 2.04. The predicted molar refractivity (Wildman–Crippen MR) is 44.6 cm³/mol. The third-order valence-corrected chi connectivity index (χ3v) is 1.56. The van der Waals surface area contributed by atoms with E-state index < -0.39 is 0 Å². The zero-order valence-electron chi connectivity index (χ0n) is 6.11.